The molecular formula is C13H15N3OS. The summed E-state index contributed by atoms with van der Waals surface area (Å²) < 4.78 is 0. The van der Waals surface area contributed by atoms with Crippen LogP contribution in [0.4, 0.5) is 5.69 Å². The number of carbonyl (C=O) groups excluding carboxylic acids is 1. The average molecular weight is 261 g/mol. The van der Waals surface area contributed by atoms with Crippen molar-refractivity contribution in [1.29, 1.82) is 0 Å². The normalized spacial score (nSPS) is 27.7. The van der Waals surface area contributed by atoms with Gasteiger partial charge in [0.2, 0.25) is 5.91 Å². The first-order chi connectivity index (χ1) is 8.77. The van der Waals surface area contributed by atoms with Crippen molar-refractivity contribution >= 4 is 28.9 Å². The summed E-state index contributed by atoms with van der Waals surface area (Å²) in [6, 6.07) is 3.91. The fourth-order valence-electron chi connectivity index (χ4n) is 2.82. The van der Waals surface area contributed by atoms with E-state index >= 15 is 0 Å². The van der Waals surface area contributed by atoms with E-state index < -0.39 is 0 Å². The largest absolute Gasteiger partial charge is 0.358 e. The number of amides is 1. The number of pyridine rings is 1. The predicted octanol–water partition coefficient (Wildman–Crippen LogP) is 1.86. The molecule has 1 aliphatic heterocycles. The topological polar surface area (TPSA) is 45.2 Å². The molecule has 1 amide bonds. The fourth-order valence-corrected chi connectivity index (χ4v) is 3.17. The van der Waals surface area contributed by atoms with Gasteiger partial charge in [0, 0.05) is 12.2 Å². The molecule has 0 aromatic carbocycles. The Hall–Kier alpha value is -1.49. The second kappa shape index (κ2) is 4.65. The molecule has 0 bridgehead atoms. The maximum atomic E-state index is 12.5. The fraction of sp³-hybridized carbons (Fsp3) is 0.462. The van der Waals surface area contributed by atoms with Gasteiger partial charge in [-0.15, -0.1) is 0 Å². The van der Waals surface area contributed by atoms with Crippen LogP contribution < -0.4 is 10.2 Å². The summed E-state index contributed by atoms with van der Waals surface area (Å²) in [6.07, 6.45) is 7.67. The van der Waals surface area contributed by atoms with E-state index in [1.807, 2.05) is 12.1 Å². The molecule has 1 aromatic heterocycles. The third kappa shape index (κ3) is 1.88. The zero-order valence-corrected chi connectivity index (χ0v) is 10.8. The summed E-state index contributed by atoms with van der Waals surface area (Å²) >= 11 is 5.32. The predicted molar refractivity (Wildman–Crippen MR) is 73.2 cm³/mol. The van der Waals surface area contributed by atoms with Crippen LogP contribution in [0.25, 0.3) is 0 Å². The highest BCUT2D eigenvalue weighted by molar-refractivity contribution is 7.80. The number of nitrogens with zero attached hydrogens (tertiary/aromatic N) is 2. The lowest BCUT2D eigenvalue weighted by Crippen LogP contribution is -2.61. The van der Waals surface area contributed by atoms with Crippen molar-refractivity contribution in [2.75, 3.05) is 4.90 Å². The summed E-state index contributed by atoms with van der Waals surface area (Å²) in [5.41, 5.74) is 0.754. The minimum Gasteiger partial charge on any atom is -0.358 e. The smallest absolute Gasteiger partial charge is 0.238 e. The van der Waals surface area contributed by atoms with Gasteiger partial charge in [-0.25, -0.2) is 0 Å². The van der Waals surface area contributed by atoms with Gasteiger partial charge in [-0.3, -0.25) is 14.7 Å². The number of hydrogen-bond donors (Lipinski definition) is 1. The highest BCUT2D eigenvalue weighted by Crippen LogP contribution is 2.31. The van der Waals surface area contributed by atoms with Gasteiger partial charge >= 0.3 is 0 Å². The van der Waals surface area contributed by atoms with E-state index in [0.717, 1.165) is 24.9 Å². The van der Waals surface area contributed by atoms with Crippen LogP contribution >= 0.6 is 12.2 Å². The third-order valence-corrected chi connectivity index (χ3v) is 4.02. The Morgan fingerprint density at radius 3 is 3.00 bits per heavy atom. The number of anilines is 1. The minimum absolute atomic E-state index is 0.0608. The molecule has 2 aliphatic rings. The van der Waals surface area contributed by atoms with Crippen molar-refractivity contribution in [3.05, 3.63) is 24.5 Å². The van der Waals surface area contributed by atoms with Crippen molar-refractivity contribution < 1.29 is 4.79 Å². The lowest BCUT2D eigenvalue weighted by Gasteiger charge is -2.41. The number of rotatable bonds is 1. The van der Waals surface area contributed by atoms with Gasteiger partial charge in [-0.1, -0.05) is 12.8 Å². The molecule has 1 N–H and O–H groups in total. The first kappa shape index (κ1) is 11.6. The van der Waals surface area contributed by atoms with Crippen LogP contribution in [-0.4, -0.2) is 22.0 Å². The third-order valence-electron chi connectivity index (χ3n) is 3.72. The van der Waals surface area contributed by atoms with Crippen LogP contribution in [0.3, 0.4) is 0 Å². The molecule has 1 aromatic rings. The Bertz CT molecular complexity index is 476. The van der Waals surface area contributed by atoms with E-state index in [4.69, 9.17) is 12.2 Å². The van der Waals surface area contributed by atoms with E-state index in [9.17, 15) is 4.79 Å². The quantitative estimate of drug-likeness (QED) is 0.784. The van der Waals surface area contributed by atoms with Gasteiger partial charge in [-0.2, -0.15) is 0 Å². The van der Waals surface area contributed by atoms with E-state index in [2.05, 4.69) is 10.3 Å². The molecule has 0 radical (unpaired) electrons. The number of thiocarbonyl (C=S) groups is 1. The molecule has 1 saturated heterocycles. The lowest BCUT2D eigenvalue weighted by atomic mass is 9.82. The molecule has 94 valence electrons. The Balaban J connectivity index is 1.91. The standard InChI is InChI=1S/C13H15N3OS/c17-12-10-5-1-2-6-11(10)15-13(18)16(12)9-4-3-7-14-8-9/h3-4,7-8,10-11H,1-2,5-6H2,(H,15,18). The number of nitrogens with one attached hydrogen (secondary N) is 1. The molecular weight excluding hydrogens is 246 g/mol. The summed E-state index contributed by atoms with van der Waals surface area (Å²) in [7, 11) is 0. The molecule has 18 heavy (non-hydrogen) atoms. The van der Waals surface area contributed by atoms with E-state index in [1.54, 1.807) is 17.3 Å². The molecule has 2 atom stereocenters. The summed E-state index contributed by atoms with van der Waals surface area (Å²) in [4.78, 5) is 18.2. The van der Waals surface area contributed by atoms with Crippen LogP contribution in [0, 0.1) is 5.92 Å². The van der Waals surface area contributed by atoms with Gasteiger partial charge in [0.25, 0.3) is 0 Å². The van der Waals surface area contributed by atoms with Crippen molar-refractivity contribution in [1.82, 2.24) is 10.3 Å². The molecule has 2 fully saturated rings. The highest BCUT2D eigenvalue weighted by Gasteiger charge is 2.40. The zero-order chi connectivity index (χ0) is 12.5. The van der Waals surface area contributed by atoms with E-state index in [0.29, 0.717) is 5.11 Å². The monoisotopic (exact) mass is 261 g/mol. The number of aromatic nitrogens is 1. The number of carbonyl (C=O) groups is 1. The van der Waals surface area contributed by atoms with Crippen molar-refractivity contribution in [3.8, 4) is 0 Å². The maximum absolute atomic E-state index is 12.5. The van der Waals surface area contributed by atoms with Gasteiger partial charge in [0.15, 0.2) is 5.11 Å². The number of hydrogen-bond acceptors (Lipinski definition) is 3. The highest BCUT2D eigenvalue weighted by atomic mass is 32.1. The maximum Gasteiger partial charge on any atom is 0.238 e. The van der Waals surface area contributed by atoms with Crippen LogP contribution in [0.2, 0.25) is 0 Å². The van der Waals surface area contributed by atoms with E-state index in [1.165, 1.54) is 6.42 Å². The van der Waals surface area contributed by atoms with E-state index in [-0.39, 0.29) is 17.9 Å². The van der Waals surface area contributed by atoms with Crippen LogP contribution in [0.15, 0.2) is 24.5 Å². The Kier molecular flexibility index (Phi) is 2.99. The first-order valence-electron chi connectivity index (χ1n) is 6.32. The summed E-state index contributed by atoms with van der Waals surface area (Å²) in [6.45, 7) is 0. The van der Waals surface area contributed by atoms with Crippen molar-refractivity contribution in [3.63, 3.8) is 0 Å². The second-order valence-corrected chi connectivity index (χ2v) is 5.22. The molecule has 3 rings (SSSR count). The lowest BCUT2D eigenvalue weighted by molar-refractivity contribution is -0.123. The van der Waals surface area contributed by atoms with Crippen molar-refractivity contribution in [2.24, 2.45) is 5.92 Å². The molecule has 1 saturated carbocycles. The SMILES string of the molecule is O=C1C2CCCCC2NC(=S)N1c1cccnc1. The molecule has 1 aliphatic carbocycles. The summed E-state index contributed by atoms with van der Waals surface area (Å²) in [5, 5.41) is 3.82. The average Bonchev–Trinajstić information content (AvgIpc) is 2.40. The van der Waals surface area contributed by atoms with Gasteiger partial charge in [-0.05, 0) is 37.2 Å². The molecule has 0 spiro atoms. The molecule has 4 nitrogen and oxygen atoms in total. The Morgan fingerprint density at radius 2 is 2.22 bits per heavy atom. The Morgan fingerprint density at radius 1 is 1.39 bits per heavy atom. The zero-order valence-electron chi connectivity index (χ0n) is 10.0. The van der Waals surface area contributed by atoms with Gasteiger partial charge in [0.05, 0.1) is 17.8 Å². The van der Waals surface area contributed by atoms with Gasteiger partial charge in [0.1, 0.15) is 0 Å². The molecule has 2 heterocycles. The minimum atomic E-state index is 0.0608. The Labute approximate surface area is 111 Å². The second-order valence-electron chi connectivity index (χ2n) is 4.83. The van der Waals surface area contributed by atoms with Gasteiger partial charge < -0.3 is 5.32 Å². The van der Waals surface area contributed by atoms with Crippen LogP contribution in [0.5, 0.6) is 0 Å². The van der Waals surface area contributed by atoms with Crippen LogP contribution in [0.1, 0.15) is 25.7 Å². The first-order valence-corrected chi connectivity index (χ1v) is 6.72. The summed E-state index contributed by atoms with van der Waals surface area (Å²) in [5.74, 6) is 0.183. The van der Waals surface area contributed by atoms with Crippen molar-refractivity contribution in [2.45, 2.75) is 31.7 Å². The number of fused-ring (bicyclic) bond motifs is 1. The molecule has 2 unspecified atom stereocenters. The van der Waals surface area contributed by atoms with Crippen LogP contribution in [-0.2, 0) is 4.79 Å². The molecule has 5 heteroatoms.